The van der Waals surface area contributed by atoms with Gasteiger partial charge < -0.3 is 20.0 Å². The molecule has 0 saturated heterocycles. The van der Waals surface area contributed by atoms with E-state index in [0.717, 1.165) is 0 Å². The molecule has 0 aliphatic carbocycles. The highest BCUT2D eigenvalue weighted by atomic mass is 35.5. The van der Waals surface area contributed by atoms with Crippen molar-refractivity contribution in [1.29, 1.82) is 0 Å². The fourth-order valence-corrected chi connectivity index (χ4v) is 1.88. The first-order valence-corrected chi connectivity index (χ1v) is 6.88. The zero-order valence-electron chi connectivity index (χ0n) is 11.7. The van der Waals surface area contributed by atoms with Gasteiger partial charge in [-0.15, -0.1) is 0 Å². The lowest BCUT2D eigenvalue weighted by molar-refractivity contribution is -0.312. The van der Waals surface area contributed by atoms with Gasteiger partial charge in [-0.05, 0) is 43.3 Å². The Morgan fingerprint density at radius 2 is 1.77 bits per heavy atom. The fourth-order valence-electron chi connectivity index (χ4n) is 1.69. The molecule has 1 atom stereocenters. The molecule has 0 heterocycles. The molecule has 0 aromatic heterocycles. The zero-order chi connectivity index (χ0) is 16.1. The first-order valence-electron chi connectivity index (χ1n) is 6.51. The minimum absolute atomic E-state index is 0.326. The third kappa shape index (κ3) is 3.99. The number of hydrogen-bond donors (Lipinski definition) is 1. The third-order valence-electron chi connectivity index (χ3n) is 2.88. The van der Waals surface area contributed by atoms with Gasteiger partial charge in [0.25, 0.3) is 5.91 Å². The summed E-state index contributed by atoms with van der Waals surface area (Å²) in [5, 5.41) is 13.7. The zero-order valence-corrected chi connectivity index (χ0v) is 12.5. The number of anilines is 1. The average Bonchev–Trinajstić information content (AvgIpc) is 2.50. The van der Waals surface area contributed by atoms with Gasteiger partial charge in [0, 0.05) is 5.56 Å². The van der Waals surface area contributed by atoms with E-state index in [1.165, 1.54) is 31.2 Å². The van der Waals surface area contributed by atoms with Crippen LogP contribution in [0.15, 0.2) is 48.5 Å². The second-order valence-corrected chi connectivity index (χ2v) is 4.94. The lowest BCUT2D eigenvalue weighted by Gasteiger charge is -2.15. The Morgan fingerprint density at radius 1 is 1.14 bits per heavy atom. The number of amides is 1. The van der Waals surface area contributed by atoms with Gasteiger partial charge in [0.2, 0.25) is 0 Å². The summed E-state index contributed by atoms with van der Waals surface area (Å²) in [5.74, 6) is -1.29. The Labute approximate surface area is 132 Å². The summed E-state index contributed by atoms with van der Waals surface area (Å²) < 4.78 is 5.13. The molecule has 0 fully saturated rings. The van der Waals surface area contributed by atoms with Crippen molar-refractivity contribution in [3.05, 3.63) is 59.1 Å². The van der Waals surface area contributed by atoms with Gasteiger partial charge in [-0.25, -0.2) is 0 Å². The van der Waals surface area contributed by atoms with Crippen LogP contribution in [0.2, 0.25) is 5.02 Å². The maximum Gasteiger partial charge on any atom is 0.255 e. The maximum atomic E-state index is 12.1. The van der Waals surface area contributed by atoms with Gasteiger partial charge in [-0.3, -0.25) is 4.79 Å². The summed E-state index contributed by atoms with van der Waals surface area (Å²) in [6, 6.07) is 13.0. The van der Waals surface area contributed by atoms with E-state index in [2.05, 4.69) is 5.32 Å². The van der Waals surface area contributed by atoms with E-state index in [1.807, 2.05) is 0 Å². The standard InChI is InChI=1S/C16H14ClNO4/c1-10(16(20)21)22-12-8-6-11(7-9-12)15(19)18-14-5-3-2-4-13(14)17/h2-10H,1H3,(H,18,19)(H,20,21)/p-1/t10-/m1/s1. The van der Waals surface area contributed by atoms with Crippen LogP contribution in [0.3, 0.4) is 0 Å². The van der Waals surface area contributed by atoms with E-state index >= 15 is 0 Å². The lowest BCUT2D eigenvalue weighted by Crippen LogP contribution is -2.37. The predicted molar refractivity (Wildman–Crippen MR) is 80.9 cm³/mol. The minimum Gasteiger partial charge on any atom is -0.546 e. The molecule has 0 aliphatic heterocycles. The highest BCUT2D eigenvalue weighted by Crippen LogP contribution is 2.21. The summed E-state index contributed by atoms with van der Waals surface area (Å²) in [6.45, 7) is 1.37. The Kier molecular flexibility index (Phi) is 5.01. The number of hydrogen-bond acceptors (Lipinski definition) is 4. The largest absolute Gasteiger partial charge is 0.546 e. The smallest absolute Gasteiger partial charge is 0.255 e. The summed E-state index contributed by atoms with van der Waals surface area (Å²) in [6.07, 6.45) is -1.07. The van der Waals surface area contributed by atoms with Crippen molar-refractivity contribution in [2.45, 2.75) is 13.0 Å². The van der Waals surface area contributed by atoms with Crippen molar-refractivity contribution in [3.8, 4) is 5.75 Å². The third-order valence-corrected chi connectivity index (χ3v) is 3.21. The van der Waals surface area contributed by atoms with Crippen molar-refractivity contribution in [2.24, 2.45) is 0 Å². The second-order valence-electron chi connectivity index (χ2n) is 4.54. The quantitative estimate of drug-likeness (QED) is 0.915. The second kappa shape index (κ2) is 6.95. The first-order chi connectivity index (χ1) is 10.5. The normalized spacial score (nSPS) is 11.5. The Morgan fingerprint density at radius 3 is 2.36 bits per heavy atom. The van der Waals surface area contributed by atoms with Crippen LogP contribution in [0.1, 0.15) is 17.3 Å². The maximum absolute atomic E-state index is 12.1. The lowest BCUT2D eigenvalue weighted by atomic mass is 10.2. The van der Waals surface area contributed by atoms with Crippen LogP contribution in [0, 0.1) is 0 Å². The van der Waals surface area contributed by atoms with Crippen LogP contribution in [-0.4, -0.2) is 18.0 Å². The van der Waals surface area contributed by atoms with Crippen LogP contribution in [0.4, 0.5) is 5.69 Å². The summed E-state index contributed by atoms with van der Waals surface area (Å²) in [4.78, 5) is 22.7. The highest BCUT2D eigenvalue weighted by molar-refractivity contribution is 6.33. The van der Waals surface area contributed by atoms with Crippen molar-refractivity contribution >= 4 is 29.2 Å². The SMILES string of the molecule is C[C@@H](Oc1ccc(C(=O)Nc2ccccc2Cl)cc1)C(=O)[O-]. The molecule has 5 nitrogen and oxygen atoms in total. The summed E-state index contributed by atoms with van der Waals surface area (Å²) >= 11 is 5.97. The molecular formula is C16H13ClNO4-. The van der Waals surface area contributed by atoms with E-state index in [-0.39, 0.29) is 5.91 Å². The molecule has 0 radical (unpaired) electrons. The van der Waals surface area contributed by atoms with Crippen LogP contribution >= 0.6 is 11.6 Å². The topological polar surface area (TPSA) is 78.5 Å². The molecule has 0 bridgehead atoms. The molecule has 0 aliphatic rings. The van der Waals surface area contributed by atoms with Gasteiger partial charge in [0.05, 0.1) is 16.7 Å². The number of aliphatic carboxylic acids is 1. The number of carboxylic acid groups (broad SMARTS) is 1. The monoisotopic (exact) mass is 318 g/mol. The number of rotatable bonds is 5. The summed E-state index contributed by atoms with van der Waals surface area (Å²) in [7, 11) is 0. The molecule has 0 unspecified atom stereocenters. The van der Waals surface area contributed by atoms with Gasteiger partial charge in [-0.1, -0.05) is 23.7 Å². The number of carbonyl (C=O) groups excluding carboxylic acids is 2. The highest BCUT2D eigenvalue weighted by Gasteiger charge is 2.09. The van der Waals surface area contributed by atoms with E-state index in [0.29, 0.717) is 22.0 Å². The fraction of sp³-hybridized carbons (Fsp3) is 0.125. The molecule has 0 spiro atoms. The Hall–Kier alpha value is -2.53. The predicted octanol–water partition coefficient (Wildman–Crippen LogP) is 2.11. The van der Waals surface area contributed by atoms with E-state index in [1.54, 1.807) is 24.3 Å². The van der Waals surface area contributed by atoms with Crippen LogP contribution in [0.25, 0.3) is 0 Å². The van der Waals surface area contributed by atoms with Crippen molar-refractivity contribution in [1.82, 2.24) is 0 Å². The van der Waals surface area contributed by atoms with E-state index in [9.17, 15) is 14.7 Å². The molecule has 6 heteroatoms. The molecule has 22 heavy (non-hydrogen) atoms. The molecule has 114 valence electrons. The van der Waals surface area contributed by atoms with Gasteiger partial charge in [0.1, 0.15) is 11.9 Å². The molecule has 2 aromatic rings. The Bertz CT molecular complexity index is 685. The number of ether oxygens (including phenoxy) is 1. The molecule has 0 saturated carbocycles. The van der Waals surface area contributed by atoms with Crippen LogP contribution in [-0.2, 0) is 4.79 Å². The molecule has 2 rings (SSSR count). The van der Waals surface area contributed by atoms with E-state index < -0.39 is 12.1 Å². The van der Waals surface area contributed by atoms with Crippen molar-refractivity contribution in [2.75, 3.05) is 5.32 Å². The number of benzene rings is 2. The minimum atomic E-state index is -1.31. The van der Waals surface area contributed by atoms with Gasteiger partial charge in [-0.2, -0.15) is 0 Å². The van der Waals surface area contributed by atoms with Gasteiger partial charge >= 0.3 is 0 Å². The first kappa shape index (κ1) is 15.9. The molecule has 2 aromatic carbocycles. The number of para-hydroxylation sites is 1. The summed E-state index contributed by atoms with van der Waals surface area (Å²) in [5.41, 5.74) is 0.911. The average molecular weight is 319 g/mol. The Balaban J connectivity index is 2.05. The molecular weight excluding hydrogens is 306 g/mol. The number of halogens is 1. The number of nitrogens with one attached hydrogen (secondary N) is 1. The molecule has 1 N–H and O–H groups in total. The van der Waals surface area contributed by atoms with E-state index in [4.69, 9.17) is 16.3 Å². The van der Waals surface area contributed by atoms with Crippen LogP contribution < -0.4 is 15.2 Å². The number of carbonyl (C=O) groups is 2. The molecule has 1 amide bonds. The van der Waals surface area contributed by atoms with Crippen LogP contribution in [0.5, 0.6) is 5.75 Å². The van der Waals surface area contributed by atoms with Crippen molar-refractivity contribution < 1.29 is 19.4 Å². The number of carboxylic acids is 1. The van der Waals surface area contributed by atoms with Gasteiger partial charge in [0.15, 0.2) is 0 Å². The van der Waals surface area contributed by atoms with Crippen molar-refractivity contribution in [3.63, 3.8) is 0 Å².